The summed E-state index contributed by atoms with van der Waals surface area (Å²) in [7, 11) is 1.39. The number of nitrogens with zero attached hydrogens (tertiary/aromatic N) is 1. The average Bonchev–Trinajstić information content (AvgIpc) is 2.59. The van der Waals surface area contributed by atoms with Gasteiger partial charge in [0, 0.05) is 19.1 Å². The Hall–Kier alpha value is -2.05. The van der Waals surface area contributed by atoms with Gasteiger partial charge in [-0.05, 0) is 43.4 Å². The number of nitrogens with one attached hydrogen (secondary N) is 1. The number of piperidine rings is 1. The van der Waals surface area contributed by atoms with Crippen LogP contribution in [0.5, 0.6) is 11.5 Å². The Labute approximate surface area is 140 Å². The molecule has 1 aromatic rings. The first-order chi connectivity index (χ1) is 11.5. The van der Waals surface area contributed by atoms with E-state index in [-0.39, 0.29) is 30.1 Å². The molecule has 1 aliphatic heterocycles. The van der Waals surface area contributed by atoms with Gasteiger partial charge in [0.15, 0.2) is 11.5 Å². The van der Waals surface area contributed by atoms with Crippen molar-refractivity contribution in [1.29, 1.82) is 0 Å². The first-order valence-corrected chi connectivity index (χ1v) is 8.21. The molecule has 0 aromatic heterocycles. The molecule has 7 heteroatoms. The minimum absolute atomic E-state index is 0.0383. The van der Waals surface area contributed by atoms with Crippen LogP contribution in [0.2, 0.25) is 0 Å². The highest BCUT2D eigenvalue weighted by Gasteiger charge is 2.25. The fraction of sp³-hybridized carbons (Fsp3) is 0.588. The van der Waals surface area contributed by atoms with E-state index in [1.807, 2.05) is 4.90 Å². The van der Waals surface area contributed by atoms with Crippen LogP contribution in [0.1, 0.15) is 38.2 Å². The molecule has 1 heterocycles. The molecule has 1 aromatic carbocycles. The Balaban J connectivity index is 1.99. The van der Waals surface area contributed by atoms with Crippen molar-refractivity contribution in [2.75, 3.05) is 13.7 Å². The molecule has 2 rings (SSSR count). The van der Waals surface area contributed by atoms with Gasteiger partial charge in [-0.25, -0.2) is 4.79 Å². The second-order valence-electron chi connectivity index (χ2n) is 5.77. The van der Waals surface area contributed by atoms with E-state index in [2.05, 4.69) is 17.0 Å². The van der Waals surface area contributed by atoms with E-state index in [0.29, 0.717) is 5.56 Å². The van der Waals surface area contributed by atoms with Crippen LogP contribution in [0.25, 0.3) is 0 Å². The number of likely N-dealkylation sites (tertiary alicyclic amines) is 1. The number of alkyl halides is 2. The van der Waals surface area contributed by atoms with Gasteiger partial charge in [-0.15, -0.1) is 0 Å². The Kier molecular flexibility index (Phi) is 6.63. The number of carbonyl (C=O) groups excluding carboxylic acids is 1. The predicted molar refractivity (Wildman–Crippen MR) is 86.5 cm³/mol. The SMILES string of the molecule is CCC1CCCCN1C(=O)NCc1ccc(OC)c(OC(F)F)c1. The molecular formula is C17H24F2N2O3. The highest BCUT2D eigenvalue weighted by molar-refractivity contribution is 5.74. The molecule has 1 N–H and O–H groups in total. The third-order valence-electron chi connectivity index (χ3n) is 4.25. The molecule has 5 nitrogen and oxygen atoms in total. The number of hydrogen-bond donors (Lipinski definition) is 1. The van der Waals surface area contributed by atoms with Gasteiger partial charge < -0.3 is 19.7 Å². The lowest BCUT2D eigenvalue weighted by Crippen LogP contribution is -2.48. The molecule has 0 saturated carbocycles. The molecule has 1 atom stereocenters. The summed E-state index contributed by atoms with van der Waals surface area (Å²) in [5, 5.41) is 2.85. The van der Waals surface area contributed by atoms with Gasteiger partial charge in [0.25, 0.3) is 0 Å². The van der Waals surface area contributed by atoms with E-state index in [1.54, 1.807) is 12.1 Å². The summed E-state index contributed by atoms with van der Waals surface area (Å²) in [6.07, 6.45) is 4.12. The van der Waals surface area contributed by atoms with Crippen molar-refractivity contribution in [3.05, 3.63) is 23.8 Å². The number of urea groups is 1. The highest BCUT2D eigenvalue weighted by atomic mass is 19.3. The van der Waals surface area contributed by atoms with Crippen molar-refractivity contribution in [3.8, 4) is 11.5 Å². The summed E-state index contributed by atoms with van der Waals surface area (Å²) >= 11 is 0. The predicted octanol–water partition coefficient (Wildman–Crippen LogP) is 3.77. The number of halogens is 2. The number of methoxy groups -OCH3 is 1. The number of ether oxygens (including phenoxy) is 2. The van der Waals surface area contributed by atoms with E-state index < -0.39 is 6.61 Å². The largest absolute Gasteiger partial charge is 0.493 e. The summed E-state index contributed by atoms with van der Waals surface area (Å²) in [5.41, 5.74) is 0.671. The second-order valence-corrected chi connectivity index (χ2v) is 5.77. The molecule has 24 heavy (non-hydrogen) atoms. The van der Waals surface area contributed by atoms with Crippen LogP contribution in [-0.4, -0.2) is 37.2 Å². The first kappa shape index (κ1) is 18.3. The number of hydrogen-bond acceptors (Lipinski definition) is 3. The number of benzene rings is 1. The number of amides is 2. The smallest absolute Gasteiger partial charge is 0.387 e. The van der Waals surface area contributed by atoms with Gasteiger partial charge in [-0.2, -0.15) is 8.78 Å². The lowest BCUT2D eigenvalue weighted by molar-refractivity contribution is -0.0512. The van der Waals surface area contributed by atoms with Gasteiger partial charge in [0.05, 0.1) is 7.11 Å². The Morgan fingerprint density at radius 2 is 2.17 bits per heavy atom. The summed E-state index contributed by atoms with van der Waals surface area (Å²) in [6, 6.07) is 4.87. The molecular weight excluding hydrogens is 318 g/mol. The van der Waals surface area contributed by atoms with Crippen LogP contribution < -0.4 is 14.8 Å². The maximum atomic E-state index is 12.5. The van der Waals surface area contributed by atoms with E-state index >= 15 is 0 Å². The van der Waals surface area contributed by atoms with Gasteiger partial charge in [-0.1, -0.05) is 13.0 Å². The lowest BCUT2D eigenvalue weighted by atomic mass is 10.0. The van der Waals surface area contributed by atoms with Crippen LogP contribution >= 0.6 is 0 Å². The first-order valence-electron chi connectivity index (χ1n) is 8.21. The van der Waals surface area contributed by atoms with Gasteiger partial charge >= 0.3 is 12.6 Å². The molecule has 134 valence electrons. The molecule has 0 radical (unpaired) electrons. The zero-order chi connectivity index (χ0) is 17.5. The maximum Gasteiger partial charge on any atom is 0.387 e. The molecule has 1 fully saturated rings. The molecule has 1 saturated heterocycles. The van der Waals surface area contributed by atoms with Gasteiger partial charge in [0.2, 0.25) is 0 Å². The summed E-state index contributed by atoms with van der Waals surface area (Å²) < 4.78 is 34.4. The van der Waals surface area contributed by atoms with E-state index in [1.165, 1.54) is 13.2 Å². The molecule has 1 aliphatic rings. The molecule has 2 amide bonds. The molecule has 0 bridgehead atoms. The van der Waals surface area contributed by atoms with E-state index in [0.717, 1.165) is 32.2 Å². The fourth-order valence-corrected chi connectivity index (χ4v) is 2.99. The van der Waals surface area contributed by atoms with Gasteiger partial charge in [-0.3, -0.25) is 0 Å². The Bertz CT molecular complexity index is 555. The van der Waals surface area contributed by atoms with Crippen molar-refractivity contribution in [3.63, 3.8) is 0 Å². The van der Waals surface area contributed by atoms with Crippen molar-refractivity contribution in [2.45, 2.75) is 51.8 Å². The van der Waals surface area contributed by atoms with Crippen molar-refractivity contribution in [2.24, 2.45) is 0 Å². The van der Waals surface area contributed by atoms with Crippen molar-refractivity contribution >= 4 is 6.03 Å². The quantitative estimate of drug-likeness (QED) is 0.856. The van der Waals surface area contributed by atoms with Crippen LogP contribution in [0.15, 0.2) is 18.2 Å². The Morgan fingerprint density at radius 3 is 2.83 bits per heavy atom. The minimum Gasteiger partial charge on any atom is -0.493 e. The van der Waals surface area contributed by atoms with Crippen molar-refractivity contribution in [1.82, 2.24) is 10.2 Å². The molecule has 0 spiro atoms. The average molecular weight is 342 g/mol. The maximum absolute atomic E-state index is 12.5. The van der Waals surface area contributed by atoms with Crippen LogP contribution in [0.3, 0.4) is 0 Å². The summed E-state index contributed by atoms with van der Waals surface area (Å²) in [4.78, 5) is 14.2. The molecule has 1 unspecified atom stereocenters. The normalized spacial score (nSPS) is 17.7. The van der Waals surface area contributed by atoms with Crippen molar-refractivity contribution < 1.29 is 23.0 Å². The minimum atomic E-state index is -2.93. The third kappa shape index (κ3) is 4.72. The summed E-state index contributed by atoms with van der Waals surface area (Å²) in [5.74, 6) is 0.191. The summed E-state index contributed by atoms with van der Waals surface area (Å²) in [6.45, 7) is 0.151. The zero-order valence-electron chi connectivity index (χ0n) is 14.1. The van der Waals surface area contributed by atoms with Crippen LogP contribution in [0.4, 0.5) is 13.6 Å². The fourth-order valence-electron chi connectivity index (χ4n) is 2.99. The zero-order valence-corrected chi connectivity index (χ0v) is 14.1. The standard InChI is InChI=1S/C17H24F2N2O3/c1-3-13-6-4-5-9-21(13)17(22)20-11-12-7-8-14(23-2)15(10-12)24-16(18)19/h7-8,10,13,16H,3-6,9,11H2,1-2H3,(H,20,22). The second kappa shape index (κ2) is 8.70. The lowest BCUT2D eigenvalue weighted by Gasteiger charge is -2.35. The van der Waals surface area contributed by atoms with Crippen LogP contribution in [0, 0.1) is 0 Å². The molecule has 0 aliphatic carbocycles. The van der Waals surface area contributed by atoms with E-state index in [4.69, 9.17) is 4.74 Å². The van der Waals surface area contributed by atoms with Gasteiger partial charge in [0.1, 0.15) is 0 Å². The topological polar surface area (TPSA) is 50.8 Å². The van der Waals surface area contributed by atoms with Crippen LogP contribution in [-0.2, 0) is 6.54 Å². The van der Waals surface area contributed by atoms with E-state index in [9.17, 15) is 13.6 Å². The number of rotatable bonds is 6. The third-order valence-corrected chi connectivity index (χ3v) is 4.25. The monoisotopic (exact) mass is 342 g/mol. The highest BCUT2D eigenvalue weighted by Crippen LogP contribution is 2.29. The number of carbonyl (C=O) groups is 1. The Morgan fingerprint density at radius 1 is 1.38 bits per heavy atom.